The number of carbonyl (C=O) groups is 2. The quantitative estimate of drug-likeness (QED) is 0.606. The zero-order chi connectivity index (χ0) is 21.5. The van der Waals surface area contributed by atoms with Crippen molar-refractivity contribution in [3.05, 3.63) is 69.7 Å². The summed E-state index contributed by atoms with van der Waals surface area (Å²) in [6, 6.07) is 15.6. The van der Waals surface area contributed by atoms with E-state index in [2.05, 4.69) is 21.2 Å². The molecule has 1 atom stereocenters. The van der Waals surface area contributed by atoms with Gasteiger partial charge in [0, 0.05) is 17.1 Å². The van der Waals surface area contributed by atoms with Gasteiger partial charge in [-0.3, -0.25) is 9.59 Å². The molecule has 1 fully saturated rings. The Balaban J connectivity index is 1.75. The maximum absolute atomic E-state index is 13.3. The second-order valence-corrected chi connectivity index (χ2v) is 9.25. The fourth-order valence-electron chi connectivity index (χ4n) is 3.97. The van der Waals surface area contributed by atoms with Gasteiger partial charge in [0.2, 0.25) is 11.8 Å². The zero-order valence-corrected chi connectivity index (χ0v) is 19.5. The maximum atomic E-state index is 13.3. The van der Waals surface area contributed by atoms with Gasteiger partial charge < -0.3 is 10.2 Å². The molecule has 0 saturated heterocycles. The SMILES string of the molecule is Cc1ccc(CC(=O)N(Cc2cccc(Br)c2)C(C)C(=O)NC2CCCCC2)cc1. The molecule has 0 heterocycles. The normalized spacial score (nSPS) is 15.4. The minimum atomic E-state index is -0.524. The van der Waals surface area contributed by atoms with Crippen molar-refractivity contribution >= 4 is 27.7 Å². The Morgan fingerprint density at radius 2 is 1.77 bits per heavy atom. The molecule has 0 spiro atoms. The Hall–Kier alpha value is -2.14. The van der Waals surface area contributed by atoms with Gasteiger partial charge in [-0.25, -0.2) is 0 Å². The highest BCUT2D eigenvalue weighted by molar-refractivity contribution is 9.10. The highest BCUT2D eigenvalue weighted by Gasteiger charge is 2.28. The lowest BCUT2D eigenvalue weighted by atomic mass is 9.95. The van der Waals surface area contributed by atoms with Crippen molar-refractivity contribution in [3.8, 4) is 0 Å². The number of hydrogen-bond acceptors (Lipinski definition) is 2. The summed E-state index contributed by atoms with van der Waals surface area (Å²) >= 11 is 3.50. The fraction of sp³-hybridized carbons (Fsp3) is 0.440. The third-order valence-electron chi connectivity index (χ3n) is 5.84. The second-order valence-electron chi connectivity index (χ2n) is 8.33. The van der Waals surface area contributed by atoms with E-state index in [-0.39, 0.29) is 24.3 Å². The van der Waals surface area contributed by atoms with Gasteiger partial charge in [0.15, 0.2) is 0 Å². The first-order valence-electron chi connectivity index (χ1n) is 10.8. The van der Waals surface area contributed by atoms with Crippen LogP contribution in [0, 0.1) is 6.92 Å². The molecule has 0 bridgehead atoms. The smallest absolute Gasteiger partial charge is 0.242 e. The molecule has 1 aliphatic carbocycles. The summed E-state index contributed by atoms with van der Waals surface area (Å²) < 4.78 is 0.963. The minimum Gasteiger partial charge on any atom is -0.352 e. The number of amides is 2. The number of nitrogens with zero attached hydrogens (tertiary/aromatic N) is 1. The molecule has 2 amide bonds. The largest absolute Gasteiger partial charge is 0.352 e. The zero-order valence-electron chi connectivity index (χ0n) is 17.9. The van der Waals surface area contributed by atoms with Crippen LogP contribution in [-0.2, 0) is 22.6 Å². The molecule has 1 N–H and O–H groups in total. The predicted molar refractivity (Wildman–Crippen MR) is 124 cm³/mol. The minimum absolute atomic E-state index is 0.0369. The van der Waals surface area contributed by atoms with Crippen LogP contribution in [-0.4, -0.2) is 28.8 Å². The van der Waals surface area contributed by atoms with Crippen LogP contribution in [0.3, 0.4) is 0 Å². The highest BCUT2D eigenvalue weighted by Crippen LogP contribution is 2.19. The average molecular weight is 471 g/mol. The van der Waals surface area contributed by atoms with Crippen molar-refractivity contribution in [2.75, 3.05) is 0 Å². The first kappa shape index (κ1) is 22.5. The van der Waals surface area contributed by atoms with Crippen molar-refractivity contribution in [2.24, 2.45) is 0 Å². The molecule has 2 aromatic carbocycles. The average Bonchev–Trinajstić information content (AvgIpc) is 2.74. The molecule has 0 aliphatic heterocycles. The van der Waals surface area contributed by atoms with E-state index in [0.29, 0.717) is 6.54 Å². The number of hydrogen-bond donors (Lipinski definition) is 1. The lowest BCUT2D eigenvalue weighted by molar-refractivity contribution is -0.140. The lowest BCUT2D eigenvalue weighted by Crippen LogP contribution is -2.50. The molecule has 1 saturated carbocycles. The summed E-state index contributed by atoms with van der Waals surface area (Å²) in [5, 5.41) is 3.18. The van der Waals surface area contributed by atoms with E-state index in [1.807, 2.05) is 62.4 Å². The fourth-order valence-corrected chi connectivity index (χ4v) is 4.41. The summed E-state index contributed by atoms with van der Waals surface area (Å²) in [5.41, 5.74) is 3.13. The van der Waals surface area contributed by atoms with Crippen LogP contribution in [0.5, 0.6) is 0 Å². The van der Waals surface area contributed by atoms with Crippen LogP contribution >= 0.6 is 15.9 Å². The van der Waals surface area contributed by atoms with Gasteiger partial charge in [0.25, 0.3) is 0 Å². The summed E-state index contributed by atoms with van der Waals surface area (Å²) in [5.74, 6) is -0.0979. The topological polar surface area (TPSA) is 49.4 Å². The van der Waals surface area contributed by atoms with Gasteiger partial charge >= 0.3 is 0 Å². The van der Waals surface area contributed by atoms with Crippen molar-refractivity contribution in [1.29, 1.82) is 0 Å². The Bertz CT molecular complexity index is 860. The molecule has 1 unspecified atom stereocenters. The molecular formula is C25H31BrN2O2. The first-order chi connectivity index (χ1) is 14.4. The molecule has 0 radical (unpaired) electrons. The molecule has 3 rings (SSSR count). The number of aryl methyl sites for hydroxylation is 1. The maximum Gasteiger partial charge on any atom is 0.242 e. The number of halogens is 1. The van der Waals surface area contributed by atoms with Crippen LogP contribution in [0.25, 0.3) is 0 Å². The van der Waals surface area contributed by atoms with Gasteiger partial charge in [0.05, 0.1) is 6.42 Å². The van der Waals surface area contributed by atoms with Crippen LogP contribution in [0.1, 0.15) is 55.7 Å². The van der Waals surface area contributed by atoms with Gasteiger partial charge in [-0.1, -0.05) is 77.2 Å². The Labute approximate surface area is 188 Å². The van der Waals surface area contributed by atoms with E-state index in [1.165, 1.54) is 6.42 Å². The molecule has 5 heteroatoms. The number of carbonyl (C=O) groups excluding carboxylic acids is 2. The van der Waals surface area contributed by atoms with Crippen molar-refractivity contribution < 1.29 is 9.59 Å². The number of nitrogens with one attached hydrogen (secondary N) is 1. The van der Waals surface area contributed by atoms with Gasteiger partial charge in [-0.05, 0) is 49.9 Å². The first-order valence-corrected chi connectivity index (χ1v) is 11.6. The Morgan fingerprint density at radius 1 is 1.07 bits per heavy atom. The number of rotatable bonds is 7. The van der Waals surface area contributed by atoms with E-state index in [0.717, 1.165) is 46.8 Å². The molecular weight excluding hydrogens is 440 g/mol. The summed E-state index contributed by atoms with van der Waals surface area (Å²) in [6.07, 6.45) is 5.91. The van der Waals surface area contributed by atoms with E-state index in [1.54, 1.807) is 4.90 Å². The molecule has 160 valence electrons. The van der Waals surface area contributed by atoms with Crippen LogP contribution in [0.2, 0.25) is 0 Å². The second kappa shape index (κ2) is 10.8. The Morgan fingerprint density at radius 3 is 2.43 bits per heavy atom. The van der Waals surface area contributed by atoms with Crippen LogP contribution in [0.4, 0.5) is 0 Å². The van der Waals surface area contributed by atoms with Crippen LogP contribution in [0.15, 0.2) is 53.0 Å². The highest BCUT2D eigenvalue weighted by atomic mass is 79.9. The standard InChI is InChI=1S/C25H31BrN2O2/c1-18-11-13-20(14-12-18)16-24(29)28(17-21-7-6-8-22(26)15-21)19(2)25(30)27-23-9-4-3-5-10-23/h6-8,11-15,19,23H,3-5,9-10,16-17H2,1-2H3,(H,27,30). The van der Waals surface area contributed by atoms with Crippen molar-refractivity contribution in [2.45, 2.75) is 71.0 Å². The van der Waals surface area contributed by atoms with Gasteiger partial charge in [0.1, 0.15) is 6.04 Å². The molecule has 30 heavy (non-hydrogen) atoms. The third kappa shape index (κ3) is 6.43. The molecule has 4 nitrogen and oxygen atoms in total. The van der Waals surface area contributed by atoms with Gasteiger partial charge in [-0.15, -0.1) is 0 Å². The Kier molecular flexibility index (Phi) is 8.08. The van der Waals surface area contributed by atoms with Crippen molar-refractivity contribution in [1.82, 2.24) is 10.2 Å². The van der Waals surface area contributed by atoms with E-state index in [9.17, 15) is 9.59 Å². The predicted octanol–water partition coefficient (Wildman–Crippen LogP) is 5.17. The van der Waals surface area contributed by atoms with Gasteiger partial charge in [-0.2, -0.15) is 0 Å². The monoisotopic (exact) mass is 470 g/mol. The summed E-state index contributed by atoms with van der Waals surface area (Å²) in [6.45, 7) is 4.27. The lowest BCUT2D eigenvalue weighted by Gasteiger charge is -2.31. The molecule has 1 aliphatic rings. The third-order valence-corrected chi connectivity index (χ3v) is 6.33. The van der Waals surface area contributed by atoms with E-state index < -0.39 is 6.04 Å². The summed E-state index contributed by atoms with van der Waals surface area (Å²) in [4.78, 5) is 28.0. The van der Waals surface area contributed by atoms with E-state index >= 15 is 0 Å². The molecule has 2 aromatic rings. The van der Waals surface area contributed by atoms with E-state index in [4.69, 9.17) is 0 Å². The number of benzene rings is 2. The van der Waals surface area contributed by atoms with Crippen LogP contribution < -0.4 is 5.32 Å². The summed E-state index contributed by atoms with van der Waals surface area (Å²) in [7, 11) is 0. The van der Waals surface area contributed by atoms with Crippen molar-refractivity contribution in [3.63, 3.8) is 0 Å². The molecule has 0 aromatic heterocycles.